The van der Waals surface area contributed by atoms with Crippen molar-refractivity contribution in [3.8, 4) is 0 Å². The highest BCUT2D eigenvalue weighted by molar-refractivity contribution is 5.76. The summed E-state index contributed by atoms with van der Waals surface area (Å²) in [6.07, 6.45) is 9.29. The predicted octanol–water partition coefficient (Wildman–Crippen LogP) is 1.65. The van der Waals surface area contributed by atoms with Crippen LogP contribution < -0.4 is 5.32 Å². The maximum absolute atomic E-state index is 9.77. The lowest BCUT2D eigenvalue weighted by atomic mass is 9.95. The third-order valence-corrected chi connectivity index (χ3v) is 3.40. The third-order valence-electron chi connectivity index (χ3n) is 3.40. The standard InChI is InChI=1S/C14H23N3O2/c18-14(10-16-12-5-2-1-3-6-12)11-19-17-9-13-7-4-8-15-13/h4,7-9,12,14-16,18H,1-3,5-6,10-11H2/b17-9+. The van der Waals surface area contributed by atoms with Crippen LogP contribution in [0.1, 0.15) is 37.8 Å². The van der Waals surface area contributed by atoms with Gasteiger partial charge in [-0.3, -0.25) is 0 Å². The number of hydrogen-bond acceptors (Lipinski definition) is 4. The molecule has 1 unspecified atom stereocenters. The van der Waals surface area contributed by atoms with Crippen LogP contribution in [0.25, 0.3) is 0 Å². The summed E-state index contributed by atoms with van der Waals surface area (Å²) in [6.45, 7) is 0.791. The summed E-state index contributed by atoms with van der Waals surface area (Å²) in [5.41, 5.74) is 0.884. The van der Waals surface area contributed by atoms with Crippen LogP contribution in [0.4, 0.5) is 0 Å². The molecule has 1 saturated carbocycles. The second-order valence-electron chi connectivity index (χ2n) is 5.05. The highest BCUT2D eigenvalue weighted by Crippen LogP contribution is 2.17. The predicted molar refractivity (Wildman–Crippen MR) is 75.2 cm³/mol. The number of oxime groups is 1. The van der Waals surface area contributed by atoms with Crippen molar-refractivity contribution in [2.45, 2.75) is 44.2 Å². The molecule has 0 radical (unpaired) electrons. The van der Waals surface area contributed by atoms with Crippen molar-refractivity contribution in [3.05, 3.63) is 24.0 Å². The molecule has 5 nitrogen and oxygen atoms in total. The van der Waals surface area contributed by atoms with Crippen molar-refractivity contribution in [2.75, 3.05) is 13.2 Å². The first-order valence-corrected chi connectivity index (χ1v) is 7.05. The van der Waals surface area contributed by atoms with Gasteiger partial charge in [0.1, 0.15) is 12.7 Å². The molecular weight excluding hydrogens is 242 g/mol. The van der Waals surface area contributed by atoms with Gasteiger partial charge in [-0.15, -0.1) is 0 Å². The van der Waals surface area contributed by atoms with Gasteiger partial charge in [-0.25, -0.2) is 0 Å². The molecule has 2 rings (SSSR count). The van der Waals surface area contributed by atoms with Crippen molar-refractivity contribution >= 4 is 6.21 Å². The lowest BCUT2D eigenvalue weighted by Gasteiger charge is -2.23. The zero-order valence-corrected chi connectivity index (χ0v) is 11.2. The average molecular weight is 265 g/mol. The van der Waals surface area contributed by atoms with Crippen LogP contribution in [-0.4, -0.2) is 41.6 Å². The third kappa shape index (κ3) is 5.44. The van der Waals surface area contributed by atoms with Crippen LogP contribution >= 0.6 is 0 Å². The lowest BCUT2D eigenvalue weighted by Crippen LogP contribution is -2.38. The van der Waals surface area contributed by atoms with Gasteiger partial charge in [-0.2, -0.15) is 0 Å². The molecule has 1 heterocycles. The van der Waals surface area contributed by atoms with Gasteiger partial charge in [-0.1, -0.05) is 24.4 Å². The molecule has 1 aliphatic rings. The first-order chi connectivity index (χ1) is 9.34. The Balaban J connectivity index is 1.55. The number of nitrogens with zero attached hydrogens (tertiary/aromatic N) is 1. The highest BCUT2D eigenvalue weighted by atomic mass is 16.6. The van der Waals surface area contributed by atoms with Crippen LogP contribution in [0.3, 0.4) is 0 Å². The molecule has 5 heteroatoms. The summed E-state index contributed by atoms with van der Waals surface area (Å²) >= 11 is 0. The fourth-order valence-corrected chi connectivity index (χ4v) is 2.32. The molecule has 0 bridgehead atoms. The summed E-state index contributed by atoms with van der Waals surface area (Å²) in [4.78, 5) is 8.06. The number of aliphatic hydroxyl groups excluding tert-OH is 1. The van der Waals surface area contributed by atoms with Gasteiger partial charge in [-0.05, 0) is 25.0 Å². The van der Waals surface area contributed by atoms with E-state index in [9.17, 15) is 5.11 Å². The summed E-state index contributed by atoms with van der Waals surface area (Å²) in [5, 5.41) is 17.0. The van der Waals surface area contributed by atoms with Gasteiger partial charge in [0.25, 0.3) is 0 Å². The highest BCUT2D eigenvalue weighted by Gasteiger charge is 2.14. The number of aromatic amines is 1. The quantitative estimate of drug-likeness (QED) is 0.518. The molecule has 19 heavy (non-hydrogen) atoms. The van der Waals surface area contributed by atoms with Crippen LogP contribution in [0, 0.1) is 0 Å². The van der Waals surface area contributed by atoms with E-state index in [2.05, 4.69) is 15.5 Å². The number of hydrogen-bond donors (Lipinski definition) is 3. The normalized spacial score (nSPS) is 18.8. The van der Waals surface area contributed by atoms with E-state index in [-0.39, 0.29) is 6.61 Å². The average Bonchev–Trinajstić information content (AvgIpc) is 2.96. The van der Waals surface area contributed by atoms with Gasteiger partial charge in [0.15, 0.2) is 0 Å². The SMILES string of the molecule is OC(CNC1CCCCC1)CO/N=C/c1ccc[nH]1. The van der Waals surface area contributed by atoms with Gasteiger partial charge >= 0.3 is 0 Å². The number of nitrogens with one attached hydrogen (secondary N) is 2. The minimum atomic E-state index is -0.511. The zero-order chi connectivity index (χ0) is 13.3. The molecule has 1 fully saturated rings. The summed E-state index contributed by atoms with van der Waals surface area (Å²) in [7, 11) is 0. The van der Waals surface area contributed by atoms with E-state index in [0.717, 1.165) is 5.69 Å². The minimum absolute atomic E-state index is 0.219. The molecule has 0 aromatic carbocycles. The van der Waals surface area contributed by atoms with Gasteiger partial charge in [0, 0.05) is 18.8 Å². The van der Waals surface area contributed by atoms with Gasteiger partial charge in [0.05, 0.1) is 11.9 Å². The van der Waals surface area contributed by atoms with Crippen molar-refractivity contribution in [1.29, 1.82) is 0 Å². The molecule has 106 valence electrons. The van der Waals surface area contributed by atoms with E-state index < -0.39 is 6.10 Å². The van der Waals surface area contributed by atoms with Crippen LogP contribution in [0.15, 0.2) is 23.5 Å². The maximum atomic E-state index is 9.77. The molecule has 1 aromatic heterocycles. The zero-order valence-electron chi connectivity index (χ0n) is 11.2. The van der Waals surface area contributed by atoms with E-state index in [1.165, 1.54) is 32.1 Å². The Morgan fingerprint density at radius 1 is 1.47 bits per heavy atom. The molecular formula is C14H23N3O2. The Kier molecular flexibility index (Phi) is 5.91. The second kappa shape index (κ2) is 7.96. The number of rotatable bonds is 7. The molecule has 0 spiro atoms. The van der Waals surface area contributed by atoms with Crippen molar-refractivity contribution in [1.82, 2.24) is 10.3 Å². The monoisotopic (exact) mass is 265 g/mol. The first kappa shape index (κ1) is 14.1. The molecule has 0 saturated heterocycles. The molecule has 0 amide bonds. The second-order valence-corrected chi connectivity index (χ2v) is 5.05. The van der Waals surface area contributed by atoms with Crippen molar-refractivity contribution in [2.24, 2.45) is 5.16 Å². The van der Waals surface area contributed by atoms with Crippen LogP contribution in [-0.2, 0) is 4.84 Å². The summed E-state index contributed by atoms with van der Waals surface area (Å²) in [6, 6.07) is 4.35. The Labute approximate surface area is 114 Å². The van der Waals surface area contributed by atoms with Gasteiger partial charge in [0.2, 0.25) is 0 Å². The number of H-pyrrole nitrogens is 1. The van der Waals surface area contributed by atoms with Gasteiger partial charge < -0.3 is 20.2 Å². The fourth-order valence-electron chi connectivity index (χ4n) is 2.32. The topological polar surface area (TPSA) is 69.6 Å². The lowest BCUT2D eigenvalue weighted by molar-refractivity contribution is 0.0389. The number of aromatic nitrogens is 1. The Bertz CT molecular complexity index is 359. The molecule has 1 aromatic rings. The molecule has 1 atom stereocenters. The largest absolute Gasteiger partial charge is 0.393 e. The van der Waals surface area contributed by atoms with Crippen molar-refractivity contribution < 1.29 is 9.94 Å². The van der Waals surface area contributed by atoms with E-state index in [4.69, 9.17) is 4.84 Å². The minimum Gasteiger partial charge on any atom is -0.393 e. The maximum Gasteiger partial charge on any atom is 0.144 e. The van der Waals surface area contributed by atoms with E-state index in [1.807, 2.05) is 18.3 Å². The van der Waals surface area contributed by atoms with E-state index in [1.54, 1.807) is 6.21 Å². The summed E-state index contributed by atoms with van der Waals surface area (Å²) < 4.78 is 0. The number of aliphatic hydroxyl groups is 1. The first-order valence-electron chi connectivity index (χ1n) is 7.05. The van der Waals surface area contributed by atoms with Crippen molar-refractivity contribution in [3.63, 3.8) is 0 Å². The van der Waals surface area contributed by atoms with Crippen LogP contribution in [0.2, 0.25) is 0 Å². The Morgan fingerprint density at radius 2 is 2.32 bits per heavy atom. The molecule has 3 N–H and O–H groups in total. The fraction of sp³-hybridized carbons (Fsp3) is 0.643. The smallest absolute Gasteiger partial charge is 0.144 e. The Morgan fingerprint density at radius 3 is 3.05 bits per heavy atom. The summed E-state index contributed by atoms with van der Waals surface area (Å²) in [5.74, 6) is 0. The van der Waals surface area contributed by atoms with E-state index >= 15 is 0 Å². The van der Waals surface area contributed by atoms with Crippen LogP contribution in [0.5, 0.6) is 0 Å². The molecule has 1 aliphatic carbocycles. The van der Waals surface area contributed by atoms with E-state index in [0.29, 0.717) is 12.6 Å². The Hall–Kier alpha value is -1.33. The molecule has 0 aliphatic heterocycles.